The number of benzene rings is 1. The lowest BCUT2D eigenvalue weighted by molar-refractivity contribution is 0.0784. The van der Waals surface area contributed by atoms with Gasteiger partial charge in [0, 0.05) is 34.4 Å². The van der Waals surface area contributed by atoms with Gasteiger partial charge in [0.05, 0.1) is 4.90 Å². The monoisotopic (exact) mass is 349 g/mol. The number of rotatable bonds is 2. The number of halogens is 2. The second-order valence-corrected chi connectivity index (χ2v) is 8.63. The van der Waals surface area contributed by atoms with E-state index in [0.717, 1.165) is 0 Å². The Labute approximate surface area is 134 Å². The molecule has 116 valence electrons. The maximum absolute atomic E-state index is 12.5. The van der Waals surface area contributed by atoms with Crippen LogP contribution in [0.15, 0.2) is 17.0 Å². The van der Waals surface area contributed by atoms with Crippen molar-refractivity contribution in [3.8, 4) is 0 Å². The van der Waals surface area contributed by atoms with Gasteiger partial charge in [0.1, 0.15) is 0 Å². The maximum atomic E-state index is 12.5. The first kappa shape index (κ1) is 16.6. The third kappa shape index (κ3) is 3.35. The van der Waals surface area contributed by atoms with Gasteiger partial charge in [-0.2, -0.15) is 0 Å². The van der Waals surface area contributed by atoms with Crippen LogP contribution in [0.25, 0.3) is 0 Å². The molecule has 1 heterocycles. The molecule has 7 heteroatoms. The number of likely N-dealkylation sites (tertiary alicyclic amines) is 1. The SMILES string of the molecule is Cc1c(Cl)cc(C(=O)N2CC(C)C(C)C2)cc1S(=O)(=O)Cl. The van der Waals surface area contributed by atoms with E-state index in [1.807, 2.05) is 0 Å². The van der Waals surface area contributed by atoms with E-state index >= 15 is 0 Å². The highest BCUT2D eigenvalue weighted by atomic mass is 35.7. The molecule has 4 nitrogen and oxygen atoms in total. The average molecular weight is 350 g/mol. The molecule has 21 heavy (non-hydrogen) atoms. The maximum Gasteiger partial charge on any atom is 0.261 e. The van der Waals surface area contributed by atoms with Crippen LogP contribution in [0, 0.1) is 18.8 Å². The summed E-state index contributed by atoms with van der Waals surface area (Å²) >= 11 is 6.04. The summed E-state index contributed by atoms with van der Waals surface area (Å²) in [5.74, 6) is 0.631. The molecule has 0 aliphatic carbocycles. The van der Waals surface area contributed by atoms with E-state index in [4.69, 9.17) is 22.3 Å². The number of carbonyl (C=O) groups is 1. The standard InChI is InChI=1S/C14H17Cl2NO3S/c1-8-6-17(7-9(8)2)14(18)11-4-12(15)10(3)13(5-11)21(16,19)20/h4-5,8-9H,6-7H2,1-3H3. The van der Waals surface area contributed by atoms with Crippen molar-refractivity contribution in [1.29, 1.82) is 0 Å². The van der Waals surface area contributed by atoms with E-state index in [-0.39, 0.29) is 21.4 Å². The fraction of sp³-hybridized carbons (Fsp3) is 0.500. The lowest BCUT2D eigenvalue weighted by Crippen LogP contribution is -2.29. The highest BCUT2D eigenvalue weighted by molar-refractivity contribution is 8.13. The van der Waals surface area contributed by atoms with Crippen LogP contribution in [0.5, 0.6) is 0 Å². The molecule has 1 aliphatic rings. The molecule has 1 amide bonds. The normalized spacial score (nSPS) is 22.6. The van der Waals surface area contributed by atoms with Gasteiger partial charge in [-0.15, -0.1) is 0 Å². The van der Waals surface area contributed by atoms with Gasteiger partial charge in [-0.25, -0.2) is 8.42 Å². The van der Waals surface area contributed by atoms with Gasteiger partial charge >= 0.3 is 0 Å². The van der Waals surface area contributed by atoms with Gasteiger partial charge in [0.25, 0.3) is 15.0 Å². The molecule has 2 rings (SSSR count). The lowest BCUT2D eigenvalue weighted by atomic mass is 10.0. The van der Waals surface area contributed by atoms with Crippen LogP contribution >= 0.6 is 22.3 Å². The summed E-state index contributed by atoms with van der Waals surface area (Å²) in [6.07, 6.45) is 0. The Balaban J connectivity index is 2.42. The first-order chi connectivity index (χ1) is 9.61. The van der Waals surface area contributed by atoms with E-state index in [1.54, 1.807) is 11.8 Å². The Bertz CT molecular complexity index is 678. The predicted octanol–water partition coefficient (Wildman–Crippen LogP) is 3.30. The van der Waals surface area contributed by atoms with Crippen LogP contribution < -0.4 is 0 Å². The fourth-order valence-electron chi connectivity index (χ4n) is 2.51. The summed E-state index contributed by atoms with van der Waals surface area (Å²) in [6, 6.07) is 2.80. The number of amides is 1. The zero-order valence-corrected chi connectivity index (χ0v) is 14.4. The molecular formula is C14H17Cl2NO3S. The number of hydrogen-bond donors (Lipinski definition) is 0. The molecular weight excluding hydrogens is 333 g/mol. The third-order valence-corrected chi connectivity index (χ3v) is 5.92. The van der Waals surface area contributed by atoms with Crippen LogP contribution in [0.2, 0.25) is 5.02 Å². The third-order valence-electron chi connectivity index (χ3n) is 4.08. The highest BCUT2D eigenvalue weighted by Crippen LogP contribution is 2.30. The van der Waals surface area contributed by atoms with E-state index in [1.165, 1.54) is 12.1 Å². The van der Waals surface area contributed by atoms with Crippen LogP contribution in [0.4, 0.5) is 0 Å². The molecule has 1 fully saturated rings. The summed E-state index contributed by atoms with van der Waals surface area (Å²) < 4.78 is 23.2. The van der Waals surface area contributed by atoms with Gasteiger partial charge in [0.2, 0.25) is 0 Å². The van der Waals surface area contributed by atoms with Crippen molar-refractivity contribution in [3.05, 3.63) is 28.3 Å². The summed E-state index contributed by atoms with van der Waals surface area (Å²) in [5, 5.41) is 0.223. The second-order valence-electron chi connectivity index (χ2n) is 5.68. The first-order valence-corrected chi connectivity index (χ1v) is 9.34. The van der Waals surface area contributed by atoms with E-state index in [2.05, 4.69) is 13.8 Å². The summed E-state index contributed by atoms with van der Waals surface area (Å²) in [4.78, 5) is 14.1. The van der Waals surface area contributed by atoms with Crippen LogP contribution in [-0.2, 0) is 9.05 Å². The molecule has 1 aromatic carbocycles. The molecule has 2 unspecified atom stereocenters. The molecule has 0 radical (unpaired) electrons. The highest BCUT2D eigenvalue weighted by Gasteiger charge is 2.31. The Hall–Kier alpha value is -0.780. The lowest BCUT2D eigenvalue weighted by Gasteiger charge is -2.17. The van der Waals surface area contributed by atoms with E-state index in [0.29, 0.717) is 30.5 Å². The van der Waals surface area contributed by atoms with Crippen LogP contribution in [0.3, 0.4) is 0 Å². The molecule has 0 N–H and O–H groups in total. The van der Waals surface area contributed by atoms with Crippen molar-refractivity contribution >= 4 is 37.2 Å². The second kappa shape index (κ2) is 5.78. The Morgan fingerprint density at radius 2 is 1.76 bits per heavy atom. The van der Waals surface area contributed by atoms with Gasteiger partial charge in [0.15, 0.2) is 0 Å². The Kier molecular flexibility index (Phi) is 4.57. The quantitative estimate of drug-likeness (QED) is 0.769. The molecule has 0 aromatic heterocycles. The van der Waals surface area contributed by atoms with Crippen LogP contribution in [-0.4, -0.2) is 32.3 Å². The molecule has 0 saturated carbocycles. The van der Waals surface area contributed by atoms with Gasteiger partial charge in [-0.1, -0.05) is 25.4 Å². The van der Waals surface area contributed by atoms with Gasteiger partial charge in [-0.3, -0.25) is 4.79 Å². The van der Waals surface area contributed by atoms with Crippen molar-refractivity contribution in [2.75, 3.05) is 13.1 Å². The summed E-state index contributed by atoms with van der Waals surface area (Å²) in [6.45, 7) is 7.07. The van der Waals surface area contributed by atoms with E-state index < -0.39 is 9.05 Å². The first-order valence-electron chi connectivity index (χ1n) is 6.65. The van der Waals surface area contributed by atoms with Crippen molar-refractivity contribution in [1.82, 2.24) is 4.90 Å². The zero-order valence-electron chi connectivity index (χ0n) is 12.1. The summed E-state index contributed by atoms with van der Waals surface area (Å²) in [5.41, 5.74) is 0.609. The topological polar surface area (TPSA) is 54.5 Å². The molecule has 2 atom stereocenters. The van der Waals surface area contributed by atoms with Crippen molar-refractivity contribution in [2.24, 2.45) is 11.8 Å². The number of carbonyl (C=O) groups excluding carboxylic acids is 1. The summed E-state index contributed by atoms with van der Waals surface area (Å²) in [7, 11) is 1.47. The fourth-order valence-corrected chi connectivity index (χ4v) is 4.01. The zero-order chi connectivity index (χ0) is 15.9. The minimum absolute atomic E-state index is 0.111. The van der Waals surface area contributed by atoms with Crippen LogP contribution in [0.1, 0.15) is 29.8 Å². The molecule has 1 aromatic rings. The Morgan fingerprint density at radius 1 is 1.24 bits per heavy atom. The van der Waals surface area contributed by atoms with Gasteiger partial charge < -0.3 is 4.90 Å². The average Bonchev–Trinajstić information content (AvgIpc) is 2.70. The largest absolute Gasteiger partial charge is 0.338 e. The minimum atomic E-state index is -3.94. The molecule has 1 saturated heterocycles. The van der Waals surface area contributed by atoms with Crippen molar-refractivity contribution < 1.29 is 13.2 Å². The van der Waals surface area contributed by atoms with Gasteiger partial charge in [-0.05, 0) is 36.5 Å². The Morgan fingerprint density at radius 3 is 2.24 bits per heavy atom. The smallest absolute Gasteiger partial charge is 0.261 e. The predicted molar refractivity (Wildman–Crippen MR) is 83.5 cm³/mol. The molecule has 0 spiro atoms. The van der Waals surface area contributed by atoms with E-state index in [9.17, 15) is 13.2 Å². The number of nitrogens with zero attached hydrogens (tertiary/aromatic N) is 1. The minimum Gasteiger partial charge on any atom is -0.338 e. The number of hydrogen-bond acceptors (Lipinski definition) is 3. The molecule has 0 bridgehead atoms. The van der Waals surface area contributed by atoms with Crippen molar-refractivity contribution in [2.45, 2.75) is 25.7 Å². The molecule has 1 aliphatic heterocycles. The van der Waals surface area contributed by atoms with Crippen molar-refractivity contribution in [3.63, 3.8) is 0 Å².